The number of phenols is 1. The average molecular weight is 366 g/mol. The fraction of sp³-hybridized carbons (Fsp3) is 0.353. The number of likely N-dealkylation sites (tertiary alicyclic amines) is 1. The molecule has 2 aromatic rings. The Balaban J connectivity index is 1.99. The van der Waals surface area contributed by atoms with Crippen LogP contribution in [0.15, 0.2) is 21.3 Å². The van der Waals surface area contributed by atoms with Crippen LogP contribution in [0, 0.1) is 6.92 Å². The number of carbonyl (C=O) groups is 2. The van der Waals surface area contributed by atoms with Crippen LogP contribution in [-0.2, 0) is 16.0 Å². The molecule has 1 fully saturated rings. The van der Waals surface area contributed by atoms with Gasteiger partial charge in [0, 0.05) is 18.0 Å². The van der Waals surface area contributed by atoms with Gasteiger partial charge < -0.3 is 19.5 Å². The van der Waals surface area contributed by atoms with Gasteiger partial charge in [-0.15, -0.1) is 0 Å². The number of aromatic hydroxyl groups is 1. The molecule has 1 aromatic carbocycles. The number of fused-ring (bicyclic) bond motifs is 1. The lowest BCUT2D eigenvalue weighted by molar-refractivity contribution is -0.148. The van der Waals surface area contributed by atoms with E-state index in [1.165, 1.54) is 17.0 Å². The van der Waals surface area contributed by atoms with Crippen molar-refractivity contribution in [3.63, 3.8) is 0 Å². The van der Waals surface area contributed by atoms with Crippen LogP contribution in [0.25, 0.3) is 11.0 Å². The summed E-state index contributed by atoms with van der Waals surface area (Å²) in [6.07, 6.45) is 0.774. The molecule has 1 saturated heterocycles. The summed E-state index contributed by atoms with van der Waals surface area (Å²) < 4.78 is 5.19. The Morgan fingerprint density at radius 2 is 2.12 bits per heavy atom. The third-order valence-corrected chi connectivity index (χ3v) is 4.84. The first-order valence-electron chi connectivity index (χ1n) is 7.76. The lowest BCUT2D eigenvalue weighted by Gasteiger charge is -2.21. The number of aliphatic carboxylic acids is 1. The van der Waals surface area contributed by atoms with E-state index in [0.717, 1.165) is 0 Å². The van der Waals surface area contributed by atoms with Crippen LogP contribution in [-0.4, -0.2) is 39.6 Å². The van der Waals surface area contributed by atoms with Crippen LogP contribution in [0.3, 0.4) is 0 Å². The summed E-state index contributed by atoms with van der Waals surface area (Å²) in [5.41, 5.74) is 0.166. The maximum atomic E-state index is 12.5. The zero-order valence-electron chi connectivity index (χ0n) is 13.4. The molecule has 1 aliphatic heterocycles. The molecule has 1 aliphatic rings. The molecule has 8 heteroatoms. The summed E-state index contributed by atoms with van der Waals surface area (Å²) in [7, 11) is 0. The van der Waals surface area contributed by atoms with Gasteiger partial charge in [0.15, 0.2) is 0 Å². The molecule has 0 aliphatic carbocycles. The normalized spacial score (nSPS) is 17.2. The van der Waals surface area contributed by atoms with E-state index in [0.29, 0.717) is 30.3 Å². The summed E-state index contributed by atoms with van der Waals surface area (Å²) in [4.78, 5) is 37.3. The van der Waals surface area contributed by atoms with Crippen molar-refractivity contribution in [2.45, 2.75) is 32.2 Å². The van der Waals surface area contributed by atoms with Crippen molar-refractivity contribution in [2.75, 3.05) is 6.54 Å². The molecular weight excluding hydrogens is 350 g/mol. The van der Waals surface area contributed by atoms with Crippen LogP contribution < -0.4 is 5.63 Å². The molecule has 0 bridgehead atoms. The second-order valence-electron chi connectivity index (χ2n) is 6.05. The SMILES string of the molecule is Cc1c(CC(=O)N2CCC[C@@H]2C(=O)O)c(=O)oc2cc(O)c(Cl)cc12. The van der Waals surface area contributed by atoms with Crippen LogP contribution in [0.1, 0.15) is 24.0 Å². The quantitative estimate of drug-likeness (QED) is 0.806. The monoisotopic (exact) mass is 365 g/mol. The Labute approximate surface area is 147 Å². The zero-order chi connectivity index (χ0) is 18.3. The van der Waals surface area contributed by atoms with Gasteiger partial charge in [0.05, 0.1) is 17.0 Å². The van der Waals surface area contributed by atoms with E-state index in [1.54, 1.807) is 6.92 Å². The molecule has 7 nitrogen and oxygen atoms in total. The Hall–Kier alpha value is -2.54. The number of rotatable bonds is 3. The highest BCUT2D eigenvalue weighted by atomic mass is 35.5. The van der Waals surface area contributed by atoms with Gasteiger partial charge in [-0.1, -0.05) is 11.6 Å². The summed E-state index contributed by atoms with van der Waals surface area (Å²) in [5.74, 6) is -1.68. The Morgan fingerprint density at radius 3 is 2.80 bits per heavy atom. The topological polar surface area (TPSA) is 108 Å². The number of phenolic OH excluding ortho intramolecular Hbond substituents is 1. The van der Waals surface area contributed by atoms with Crippen molar-refractivity contribution in [3.8, 4) is 5.75 Å². The van der Waals surface area contributed by atoms with Gasteiger partial charge in [0.1, 0.15) is 17.4 Å². The third-order valence-electron chi connectivity index (χ3n) is 4.54. The molecule has 1 amide bonds. The van der Waals surface area contributed by atoms with Crippen molar-refractivity contribution < 1.29 is 24.2 Å². The van der Waals surface area contributed by atoms with E-state index in [2.05, 4.69) is 0 Å². The van der Waals surface area contributed by atoms with Gasteiger partial charge in [-0.25, -0.2) is 9.59 Å². The Kier molecular flexibility index (Phi) is 4.43. The molecule has 1 aromatic heterocycles. The number of benzene rings is 1. The molecular formula is C17H16ClNO6. The second-order valence-corrected chi connectivity index (χ2v) is 6.46. The smallest absolute Gasteiger partial charge is 0.340 e. The average Bonchev–Trinajstić information content (AvgIpc) is 3.03. The fourth-order valence-corrected chi connectivity index (χ4v) is 3.34. The number of halogens is 1. The van der Waals surface area contributed by atoms with Crippen molar-refractivity contribution in [2.24, 2.45) is 0 Å². The molecule has 0 unspecified atom stereocenters. The minimum absolute atomic E-state index is 0.104. The Bertz CT molecular complexity index is 935. The van der Waals surface area contributed by atoms with E-state index in [9.17, 15) is 24.6 Å². The highest BCUT2D eigenvalue weighted by Crippen LogP contribution is 2.31. The van der Waals surface area contributed by atoms with Crippen LogP contribution in [0.5, 0.6) is 5.75 Å². The highest BCUT2D eigenvalue weighted by molar-refractivity contribution is 6.32. The predicted molar refractivity (Wildman–Crippen MR) is 90.0 cm³/mol. The molecule has 2 N–H and O–H groups in total. The van der Waals surface area contributed by atoms with Gasteiger partial charge in [-0.3, -0.25) is 4.79 Å². The van der Waals surface area contributed by atoms with Gasteiger partial charge in [0.2, 0.25) is 5.91 Å². The highest BCUT2D eigenvalue weighted by Gasteiger charge is 2.34. The minimum atomic E-state index is -1.05. The lowest BCUT2D eigenvalue weighted by atomic mass is 10.0. The second kappa shape index (κ2) is 6.40. The number of hydrogen-bond donors (Lipinski definition) is 2. The van der Waals surface area contributed by atoms with Gasteiger partial charge in [0.25, 0.3) is 0 Å². The number of nitrogens with zero attached hydrogens (tertiary/aromatic N) is 1. The molecule has 2 heterocycles. The first-order chi connectivity index (χ1) is 11.8. The van der Waals surface area contributed by atoms with Gasteiger partial charge in [-0.05, 0) is 31.4 Å². The molecule has 132 valence electrons. The number of carbonyl (C=O) groups excluding carboxylic acids is 1. The van der Waals surface area contributed by atoms with E-state index in [-0.39, 0.29) is 28.3 Å². The van der Waals surface area contributed by atoms with Crippen LogP contribution in [0.2, 0.25) is 5.02 Å². The molecule has 0 radical (unpaired) electrons. The largest absolute Gasteiger partial charge is 0.506 e. The van der Waals surface area contributed by atoms with Gasteiger partial charge in [-0.2, -0.15) is 0 Å². The maximum Gasteiger partial charge on any atom is 0.340 e. The number of aryl methyl sites for hydroxylation is 1. The number of amides is 1. The maximum absolute atomic E-state index is 12.5. The first-order valence-corrected chi connectivity index (χ1v) is 8.14. The molecule has 0 spiro atoms. The van der Waals surface area contributed by atoms with Crippen molar-refractivity contribution >= 4 is 34.4 Å². The first kappa shape index (κ1) is 17.3. The van der Waals surface area contributed by atoms with Crippen LogP contribution in [0.4, 0.5) is 0 Å². The van der Waals surface area contributed by atoms with E-state index in [1.807, 2.05) is 0 Å². The predicted octanol–water partition coefficient (Wildman–Crippen LogP) is 2.08. The Morgan fingerprint density at radius 1 is 1.40 bits per heavy atom. The van der Waals surface area contributed by atoms with Crippen molar-refractivity contribution in [1.29, 1.82) is 0 Å². The molecule has 3 rings (SSSR count). The molecule has 1 atom stereocenters. The van der Waals surface area contributed by atoms with Gasteiger partial charge >= 0.3 is 11.6 Å². The summed E-state index contributed by atoms with van der Waals surface area (Å²) in [6, 6.07) is 1.86. The summed E-state index contributed by atoms with van der Waals surface area (Å²) >= 11 is 5.90. The molecule has 25 heavy (non-hydrogen) atoms. The third kappa shape index (κ3) is 3.07. The van der Waals surface area contributed by atoms with Crippen molar-refractivity contribution in [3.05, 3.63) is 38.7 Å². The minimum Gasteiger partial charge on any atom is -0.506 e. The summed E-state index contributed by atoms with van der Waals surface area (Å²) in [5, 5.41) is 19.4. The van der Waals surface area contributed by atoms with Crippen molar-refractivity contribution in [1.82, 2.24) is 4.90 Å². The van der Waals surface area contributed by atoms with E-state index >= 15 is 0 Å². The number of hydrogen-bond acceptors (Lipinski definition) is 5. The standard InChI is InChI=1S/C17H16ClNO6/c1-8-9-5-11(18)13(20)7-14(9)25-17(24)10(8)6-15(21)19-4-2-3-12(19)16(22)23/h5,7,12,20H,2-4,6H2,1H3,(H,22,23)/t12-/m1/s1. The van der Waals surface area contributed by atoms with Crippen LogP contribution >= 0.6 is 11.6 Å². The molecule has 0 saturated carbocycles. The zero-order valence-corrected chi connectivity index (χ0v) is 14.2. The number of carboxylic acids is 1. The lowest BCUT2D eigenvalue weighted by Crippen LogP contribution is -2.41. The fourth-order valence-electron chi connectivity index (χ4n) is 3.18. The number of carboxylic acid groups (broad SMARTS) is 1. The summed E-state index contributed by atoms with van der Waals surface area (Å²) in [6.45, 7) is 2.02. The van der Waals surface area contributed by atoms with E-state index in [4.69, 9.17) is 16.0 Å². The van der Waals surface area contributed by atoms with E-state index < -0.39 is 23.5 Å².